The number of carbonyl (C=O) groups excluding carboxylic acids is 1. The van der Waals surface area contributed by atoms with E-state index < -0.39 is 38.0 Å². The Labute approximate surface area is 149 Å². The van der Waals surface area contributed by atoms with Crippen LogP contribution in [0, 0.1) is 0 Å². The first-order valence-corrected chi connectivity index (χ1v) is 6.80. The second-order valence-electron chi connectivity index (χ2n) is 4.61. The van der Waals surface area contributed by atoms with E-state index in [1.807, 2.05) is 0 Å². The molecular formula is C16H24N2O6. The minimum atomic E-state index is -2.79. The number of hydrogen-bond acceptors (Lipinski definition) is 5. The van der Waals surface area contributed by atoms with Gasteiger partial charge < -0.3 is 24.7 Å². The number of hydrogen-bond donors (Lipinski definition) is 2. The summed E-state index contributed by atoms with van der Waals surface area (Å²) < 4.78 is 50.1. The summed E-state index contributed by atoms with van der Waals surface area (Å²) in [6.45, 7) is -1.83. The molecule has 1 aromatic rings. The highest BCUT2D eigenvalue weighted by Crippen LogP contribution is 2.22. The van der Waals surface area contributed by atoms with E-state index in [-0.39, 0.29) is 5.75 Å². The van der Waals surface area contributed by atoms with Gasteiger partial charge in [0.05, 0.1) is 0 Å². The van der Waals surface area contributed by atoms with Crippen molar-refractivity contribution in [2.24, 2.45) is 0 Å². The van der Waals surface area contributed by atoms with Crippen molar-refractivity contribution in [3.05, 3.63) is 29.8 Å². The topological polar surface area (TPSA) is 107 Å². The Hall–Kier alpha value is -2.61. The van der Waals surface area contributed by atoms with Crippen LogP contribution in [0.2, 0.25) is 0 Å². The number of carboxylic acids is 2. The maximum Gasteiger partial charge on any atom is 0.414 e. The molecule has 1 atom stereocenters. The van der Waals surface area contributed by atoms with E-state index in [4.69, 9.17) is 32.8 Å². The van der Waals surface area contributed by atoms with Crippen molar-refractivity contribution in [1.82, 2.24) is 9.80 Å². The number of ether oxygens (including phenoxy) is 1. The molecule has 0 unspecified atom stereocenters. The Morgan fingerprint density at radius 2 is 1.83 bits per heavy atom. The fraction of sp³-hybridized carbons (Fsp3) is 0.438. The summed E-state index contributed by atoms with van der Waals surface area (Å²) in [5.74, 6) is -3.43. The fourth-order valence-electron chi connectivity index (χ4n) is 1.29. The normalized spacial score (nSPS) is 15.8. The summed E-state index contributed by atoms with van der Waals surface area (Å²) in [5, 5.41) is 14.8. The number of aliphatic carboxylic acids is 2. The smallest absolute Gasteiger partial charge is 0.414 e. The lowest BCUT2D eigenvalue weighted by Crippen LogP contribution is -2.29. The Morgan fingerprint density at radius 3 is 2.29 bits per heavy atom. The first-order valence-electron chi connectivity index (χ1n) is 9.80. The number of benzene rings is 1. The molecule has 0 saturated heterocycles. The maximum atomic E-state index is 11.8. The van der Waals surface area contributed by atoms with Gasteiger partial charge >= 0.3 is 18.0 Å². The number of nitrogens with zero attached hydrogens (tertiary/aromatic N) is 2. The summed E-state index contributed by atoms with van der Waals surface area (Å²) in [7, 11) is 1.58. The van der Waals surface area contributed by atoms with Crippen LogP contribution in [-0.4, -0.2) is 65.6 Å². The molecule has 0 bridgehead atoms. The van der Waals surface area contributed by atoms with Crippen molar-refractivity contribution < 1.29 is 37.6 Å². The van der Waals surface area contributed by atoms with Gasteiger partial charge in [0.1, 0.15) is 5.75 Å². The van der Waals surface area contributed by atoms with Crippen molar-refractivity contribution in [3.8, 4) is 5.75 Å². The van der Waals surface area contributed by atoms with Crippen LogP contribution in [0.15, 0.2) is 24.3 Å². The molecule has 1 amide bonds. The molecule has 8 nitrogen and oxygen atoms in total. The van der Waals surface area contributed by atoms with Crippen LogP contribution in [0.3, 0.4) is 0 Å². The molecule has 0 aliphatic rings. The standard InChI is InChI=1S/C14H22N2O2.C2H2O4/c1-6-16(5)14(17)18-13-9-7-8-12(10-13)11(2)15(3)4;3-1(4)2(5)6/h7-11H,6H2,1-5H3;(H,3,4)(H,5,6)/t11-;/m0./s1/i3D3,4D3;. The Balaban J connectivity index is 0.00000122. The Morgan fingerprint density at radius 1 is 1.25 bits per heavy atom. The van der Waals surface area contributed by atoms with Gasteiger partial charge in [-0.3, -0.25) is 0 Å². The first-order chi connectivity index (χ1) is 13.5. The summed E-state index contributed by atoms with van der Waals surface area (Å²) in [6.07, 6.45) is -0.550. The molecule has 0 saturated carbocycles. The zero-order chi connectivity index (χ0) is 23.9. The predicted octanol–water partition coefficient (Wildman–Crippen LogP) is 1.92. The van der Waals surface area contributed by atoms with Crippen molar-refractivity contribution in [2.75, 3.05) is 27.5 Å². The van der Waals surface area contributed by atoms with Crippen LogP contribution in [0.4, 0.5) is 4.79 Å². The average molecular weight is 346 g/mol. The monoisotopic (exact) mass is 346 g/mol. The molecule has 0 aromatic heterocycles. The summed E-state index contributed by atoms with van der Waals surface area (Å²) in [6, 6.07) is 5.27. The minimum absolute atomic E-state index is 0.223. The third-order valence-electron chi connectivity index (χ3n) is 2.90. The molecule has 0 spiro atoms. The van der Waals surface area contributed by atoms with Gasteiger partial charge in [0.2, 0.25) is 0 Å². The van der Waals surface area contributed by atoms with Gasteiger partial charge in [0.25, 0.3) is 0 Å². The number of carbonyl (C=O) groups is 3. The molecule has 1 aromatic carbocycles. The van der Waals surface area contributed by atoms with E-state index in [0.29, 0.717) is 17.0 Å². The van der Waals surface area contributed by atoms with Crippen LogP contribution < -0.4 is 4.74 Å². The molecular weight excluding hydrogens is 316 g/mol. The lowest BCUT2D eigenvalue weighted by Gasteiger charge is -2.21. The fourth-order valence-corrected chi connectivity index (χ4v) is 1.29. The Bertz CT molecular complexity index is 726. The van der Waals surface area contributed by atoms with Gasteiger partial charge in [-0.1, -0.05) is 12.1 Å². The molecule has 0 fully saturated rings. The van der Waals surface area contributed by atoms with Gasteiger partial charge in [-0.25, -0.2) is 14.4 Å². The minimum Gasteiger partial charge on any atom is -0.473 e. The van der Waals surface area contributed by atoms with E-state index in [0.717, 1.165) is 0 Å². The van der Waals surface area contributed by atoms with Gasteiger partial charge in [-0.2, -0.15) is 0 Å². The lowest BCUT2D eigenvalue weighted by atomic mass is 10.1. The lowest BCUT2D eigenvalue weighted by molar-refractivity contribution is -0.159. The SMILES string of the molecule is O=C(O)C(=O)O.[2H]C([2H])([2H])N([C@@H](C)c1cccc(OC(=O)N(C)CC)c1)C([2H])([2H])[2H]. The molecule has 24 heavy (non-hydrogen) atoms. The molecule has 0 radical (unpaired) electrons. The van der Waals surface area contributed by atoms with Crippen LogP contribution in [-0.2, 0) is 9.59 Å². The summed E-state index contributed by atoms with van der Waals surface area (Å²) >= 11 is 0. The van der Waals surface area contributed by atoms with Crippen LogP contribution >= 0.6 is 0 Å². The first kappa shape index (κ1) is 12.8. The number of carboxylic acid groups (broad SMARTS) is 2. The average Bonchev–Trinajstić information content (AvgIpc) is 2.59. The molecule has 2 N–H and O–H groups in total. The molecule has 0 aliphatic heterocycles. The van der Waals surface area contributed by atoms with E-state index >= 15 is 0 Å². The highest BCUT2D eigenvalue weighted by atomic mass is 16.6. The summed E-state index contributed by atoms with van der Waals surface area (Å²) in [4.78, 5) is 31.8. The molecule has 8 heteroatoms. The quantitative estimate of drug-likeness (QED) is 0.802. The highest BCUT2D eigenvalue weighted by Gasteiger charge is 2.12. The number of rotatable bonds is 4. The van der Waals surface area contributed by atoms with Crippen LogP contribution in [0.25, 0.3) is 0 Å². The van der Waals surface area contributed by atoms with Gasteiger partial charge in [-0.15, -0.1) is 0 Å². The van der Waals surface area contributed by atoms with E-state index in [9.17, 15) is 4.79 Å². The van der Waals surface area contributed by atoms with Gasteiger partial charge in [0, 0.05) is 27.9 Å². The second kappa shape index (κ2) is 10.2. The molecule has 0 heterocycles. The maximum absolute atomic E-state index is 11.8. The summed E-state index contributed by atoms with van der Waals surface area (Å²) in [5.41, 5.74) is 0.423. The van der Waals surface area contributed by atoms with Gasteiger partial charge in [-0.05, 0) is 45.5 Å². The van der Waals surface area contributed by atoms with E-state index in [2.05, 4.69) is 0 Å². The zero-order valence-electron chi connectivity index (χ0n) is 19.5. The van der Waals surface area contributed by atoms with Crippen molar-refractivity contribution in [2.45, 2.75) is 19.9 Å². The van der Waals surface area contributed by atoms with Gasteiger partial charge in [0.15, 0.2) is 0 Å². The number of amides is 1. The van der Waals surface area contributed by atoms with Crippen molar-refractivity contribution in [3.63, 3.8) is 0 Å². The van der Waals surface area contributed by atoms with E-state index in [1.165, 1.54) is 17.9 Å². The zero-order valence-corrected chi connectivity index (χ0v) is 13.5. The van der Waals surface area contributed by atoms with Crippen molar-refractivity contribution in [1.29, 1.82) is 0 Å². The molecule has 0 aliphatic carbocycles. The highest BCUT2D eigenvalue weighted by molar-refractivity contribution is 6.27. The van der Waals surface area contributed by atoms with Crippen LogP contribution in [0.1, 0.15) is 33.7 Å². The largest absolute Gasteiger partial charge is 0.473 e. The third-order valence-corrected chi connectivity index (χ3v) is 2.90. The predicted molar refractivity (Wildman–Crippen MR) is 88.1 cm³/mol. The Kier molecular flexibility index (Phi) is 5.44. The van der Waals surface area contributed by atoms with Crippen molar-refractivity contribution >= 4 is 18.0 Å². The molecule has 134 valence electrons. The van der Waals surface area contributed by atoms with Crippen LogP contribution in [0.5, 0.6) is 5.75 Å². The van der Waals surface area contributed by atoms with E-state index in [1.54, 1.807) is 32.2 Å². The second-order valence-corrected chi connectivity index (χ2v) is 4.61. The molecule has 1 rings (SSSR count). The third kappa shape index (κ3) is 7.59.